The van der Waals surface area contributed by atoms with Crippen LogP contribution in [0.4, 0.5) is 0 Å². The van der Waals surface area contributed by atoms with Gasteiger partial charge in [0.2, 0.25) is 0 Å². The first-order valence-electron chi connectivity index (χ1n) is 5.99. The maximum atomic E-state index is 9.53. The molecule has 16 heavy (non-hydrogen) atoms. The van der Waals surface area contributed by atoms with E-state index in [0.29, 0.717) is 12.0 Å². The third-order valence-corrected chi connectivity index (χ3v) is 4.06. The van der Waals surface area contributed by atoms with Gasteiger partial charge in [-0.3, -0.25) is 0 Å². The van der Waals surface area contributed by atoms with Crippen molar-refractivity contribution in [1.82, 2.24) is 5.32 Å². The van der Waals surface area contributed by atoms with Gasteiger partial charge in [-0.25, -0.2) is 0 Å². The smallest absolute Gasteiger partial charge is 0.157 e. The number of phenolic OH excluding ortho intramolecular Hbond substituents is 2. The fourth-order valence-electron chi connectivity index (χ4n) is 3.14. The van der Waals surface area contributed by atoms with E-state index < -0.39 is 0 Å². The molecule has 0 radical (unpaired) electrons. The maximum Gasteiger partial charge on any atom is 0.157 e. The van der Waals surface area contributed by atoms with Crippen LogP contribution in [0.5, 0.6) is 11.5 Å². The van der Waals surface area contributed by atoms with Crippen molar-refractivity contribution in [2.45, 2.75) is 31.2 Å². The highest BCUT2D eigenvalue weighted by Gasteiger charge is 2.36. The van der Waals surface area contributed by atoms with E-state index in [9.17, 15) is 10.2 Å². The molecule has 3 heteroatoms. The molecule has 2 saturated heterocycles. The molecule has 86 valence electrons. The van der Waals surface area contributed by atoms with Crippen molar-refractivity contribution in [3.63, 3.8) is 0 Å². The Morgan fingerprint density at radius 3 is 2.56 bits per heavy atom. The zero-order valence-electron chi connectivity index (χ0n) is 9.19. The summed E-state index contributed by atoms with van der Waals surface area (Å²) < 4.78 is 0. The average Bonchev–Trinajstić information content (AvgIpc) is 2.34. The van der Waals surface area contributed by atoms with E-state index in [4.69, 9.17) is 0 Å². The Labute approximate surface area is 95.1 Å². The van der Waals surface area contributed by atoms with Crippen molar-refractivity contribution in [2.75, 3.05) is 6.54 Å². The zero-order chi connectivity index (χ0) is 11.1. The number of phenols is 2. The number of rotatable bonds is 1. The van der Waals surface area contributed by atoms with Crippen molar-refractivity contribution in [1.29, 1.82) is 0 Å². The van der Waals surface area contributed by atoms with Gasteiger partial charge in [-0.2, -0.15) is 0 Å². The van der Waals surface area contributed by atoms with Crippen LogP contribution in [-0.2, 0) is 0 Å². The molecule has 3 atom stereocenters. The van der Waals surface area contributed by atoms with E-state index in [1.807, 2.05) is 6.07 Å². The molecule has 3 N–H and O–H groups in total. The van der Waals surface area contributed by atoms with Gasteiger partial charge in [0.15, 0.2) is 11.5 Å². The van der Waals surface area contributed by atoms with Crippen molar-refractivity contribution in [2.24, 2.45) is 5.92 Å². The molecule has 1 aliphatic carbocycles. The number of aromatic hydroxyl groups is 2. The predicted molar refractivity (Wildman–Crippen MR) is 61.6 cm³/mol. The van der Waals surface area contributed by atoms with Crippen molar-refractivity contribution < 1.29 is 10.2 Å². The van der Waals surface area contributed by atoms with E-state index in [-0.39, 0.29) is 11.5 Å². The summed E-state index contributed by atoms with van der Waals surface area (Å²) in [5.74, 6) is 1.25. The predicted octanol–water partition coefficient (Wildman–Crippen LogP) is 1.95. The Balaban J connectivity index is 1.89. The number of fused-ring (bicyclic) bond motifs is 3. The van der Waals surface area contributed by atoms with Crippen LogP contribution in [0.2, 0.25) is 0 Å². The van der Waals surface area contributed by atoms with E-state index in [2.05, 4.69) is 5.32 Å². The third-order valence-electron chi connectivity index (χ3n) is 4.06. The standard InChI is InChI=1S/C13H17NO2/c15-12-4-2-9(6-13(12)16)10-5-8-1-3-11(10)14-7-8/h2,4,6,8,10-11,14-16H,1,3,5,7H2/t8-,10+,11+/m1/s1. The molecular formula is C13H17NO2. The molecule has 0 amide bonds. The highest BCUT2D eigenvalue weighted by Crippen LogP contribution is 2.41. The Kier molecular flexibility index (Phi) is 2.28. The number of nitrogens with one attached hydrogen (secondary N) is 1. The van der Waals surface area contributed by atoms with Crippen LogP contribution in [0.1, 0.15) is 30.7 Å². The SMILES string of the molecule is Oc1ccc([C@@H]2C[C@H]3CC[C@@H]2NC3)cc1O. The van der Waals surface area contributed by atoms with Crippen LogP contribution in [0, 0.1) is 5.92 Å². The van der Waals surface area contributed by atoms with Crippen LogP contribution in [-0.4, -0.2) is 22.8 Å². The van der Waals surface area contributed by atoms with Gasteiger partial charge in [-0.1, -0.05) is 6.07 Å². The second kappa shape index (κ2) is 3.67. The molecule has 3 nitrogen and oxygen atoms in total. The summed E-state index contributed by atoms with van der Waals surface area (Å²) in [7, 11) is 0. The van der Waals surface area contributed by atoms with Gasteiger partial charge < -0.3 is 15.5 Å². The van der Waals surface area contributed by atoms with Crippen molar-refractivity contribution in [3.8, 4) is 11.5 Å². The summed E-state index contributed by atoms with van der Waals surface area (Å²) in [6, 6.07) is 5.78. The fraction of sp³-hybridized carbons (Fsp3) is 0.538. The second-order valence-corrected chi connectivity index (χ2v) is 5.05. The number of piperidine rings is 2. The van der Waals surface area contributed by atoms with Crippen LogP contribution in [0.3, 0.4) is 0 Å². The molecule has 2 heterocycles. The molecule has 2 bridgehead atoms. The first-order valence-corrected chi connectivity index (χ1v) is 5.99. The van der Waals surface area contributed by atoms with Crippen molar-refractivity contribution in [3.05, 3.63) is 23.8 Å². The van der Waals surface area contributed by atoms with Crippen LogP contribution in [0.25, 0.3) is 0 Å². The molecule has 4 rings (SSSR count). The van der Waals surface area contributed by atoms with E-state index >= 15 is 0 Å². The Morgan fingerprint density at radius 1 is 1.12 bits per heavy atom. The first kappa shape index (κ1) is 9.97. The van der Waals surface area contributed by atoms with Gasteiger partial charge in [-0.05, 0) is 55.3 Å². The monoisotopic (exact) mass is 219 g/mol. The van der Waals surface area contributed by atoms with E-state index in [1.165, 1.54) is 19.3 Å². The lowest BCUT2D eigenvalue weighted by Crippen LogP contribution is -2.48. The fourth-order valence-corrected chi connectivity index (χ4v) is 3.14. The molecule has 1 saturated carbocycles. The minimum absolute atomic E-state index is 0.000975. The Bertz CT molecular complexity index is 397. The molecule has 1 aromatic rings. The maximum absolute atomic E-state index is 9.53. The molecule has 0 unspecified atom stereocenters. The number of hydrogen-bond donors (Lipinski definition) is 3. The van der Waals surface area contributed by atoms with Crippen molar-refractivity contribution >= 4 is 0 Å². The van der Waals surface area contributed by atoms with E-state index in [0.717, 1.165) is 18.0 Å². The van der Waals surface area contributed by atoms with Crippen LogP contribution < -0.4 is 5.32 Å². The normalized spacial score (nSPS) is 32.9. The topological polar surface area (TPSA) is 52.5 Å². The lowest BCUT2D eigenvalue weighted by Gasteiger charge is -2.43. The molecule has 3 fully saturated rings. The minimum Gasteiger partial charge on any atom is -0.504 e. The third kappa shape index (κ3) is 1.55. The van der Waals surface area contributed by atoms with Gasteiger partial charge in [0.05, 0.1) is 0 Å². The summed E-state index contributed by atoms with van der Waals surface area (Å²) in [5, 5.41) is 22.4. The highest BCUT2D eigenvalue weighted by atomic mass is 16.3. The summed E-state index contributed by atoms with van der Waals surface area (Å²) in [4.78, 5) is 0. The van der Waals surface area contributed by atoms with Crippen LogP contribution in [0.15, 0.2) is 18.2 Å². The Hall–Kier alpha value is -1.22. The van der Waals surface area contributed by atoms with Crippen LogP contribution >= 0.6 is 0 Å². The second-order valence-electron chi connectivity index (χ2n) is 5.05. The lowest BCUT2D eigenvalue weighted by molar-refractivity contribution is 0.182. The summed E-state index contributed by atoms with van der Waals surface area (Å²) >= 11 is 0. The average molecular weight is 219 g/mol. The summed E-state index contributed by atoms with van der Waals surface area (Å²) in [5.41, 5.74) is 1.15. The minimum atomic E-state index is -0.0299. The highest BCUT2D eigenvalue weighted by molar-refractivity contribution is 5.42. The molecule has 2 aliphatic heterocycles. The summed E-state index contributed by atoms with van der Waals surface area (Å²) in [6.07, 6.45) is 3.77. The Morgan fingerprint density at radius 2 is 2.00 bits per heavy atom. The molecule has 0 aromatic heterocycles. The molecular weight excluding hydrogens is 202 g/mol. The van der Waals surface area contributed by atoms with Gasteiger partial charge in [-0.15, -0.1) is 0 Å². The van der Waals surface area contributed by atoms with Gasteiger partial charge in [0.1, 0.15) is 0 Å². The first-order chi connectivity index (χ1) is 7.74. The van der Waals surface area contributed by atoms with Gasteiger partial charge in [0.25, 0.3) is 0 Å². The van der Waals surface area contributed by atoms with E-state index in [1.54, 1.807) is 12.1 Å². The quantitative estimate of drug-likeness (QED) is 0.633. The number of hydrogen-bond acceptors (Lipinski definition) is 3. The largest absolute Gasteiger partial charge is 0.504 e. The lowest BCUT2D eigenvalue weighted by atomic mass is 9.71. The summed E-state index contributed by atoms with van der Waals surface area (Å²) in [6.45, 7) is 1.14. The molecule has 1 aromatic carbocycles. The van der Waals surface area contributed by atoms with Gasteiger partial charge in [0, 0.05) is 6.04 Å². The van der Waals surface area contributed by atoms with Gasteiger partial charge >= 0.3 is 0 Å². The molecule has 0 spiro atoms. The molecule has 3 aliphatic rings. The zero-order valence-corrected chi connectivity index (χ0v) is 9.19. The number of benzene rings is 1.